The maximum absolute atomic E-state index is 12.8. The molecule has 0 bridgehead atoms. The summed E-state index contributed by atoms with van der Waals surface area (Å²) in [5.41, 5.74) is 6.97. The Balaban J connectivity index is 1.80. The van der Waals surface area contributed by atoms with E-state index in [-0.39, 0.29) is 5.82 Å². The molecule has 1 fully saturated rings. The summed E-state index contributed by atoms with van der Waals surface area (Å²) in [6.07, 6.45) is 2.63. The molecule has 1 aromatic carbocycles. The van der Waals surface area contributed by atoms with Crippen LogP contribution in [-0.4, -0.2) is 31.1 Å². The molecule has 1 aromatic rings. The third-order valence-corrected chi connectivity index (χ3v) is 2.96. The second-order valence-electron chi connectivity index (χ2n) is 4.37. The summed E-state index contributed by atoms with van der Waals surface area (Å²) in [5, 5.41) is 3.22. The van der Waals surface area contributed by atoms with Gasteiger partial charge in [-0.05, 0) is 38.1 Å². The highest BCUT2D eigenvalue weighted by Crippen LogP contribution is 2.25. The lowest BCUT2D eigenvalue weighted by atomic mass is 10.2. The van der Waals surface area contributed by atoms with Crippen LogP contribution in [-0.2, 0) is 0 Å². The fraction of sp³-hybridized carbons (Fsp3) is 0.500. The Kier molecular flexibility index (Phi) is 3.29. The number of likely N-dealkylation sites (N-methyl/N-ethyl adjacent to an activating group) is 1. The third-order valence-electron chi connectivity index (χ3n) is 2.96. The second-order valence-corrected chi connectivity index (χ2v) is 4.37. The number of hydrogen-bond acceptors (Lipinski definition) is 3. The zero-order valence-electron chi connectivity index (χ0n) is 9.54. The van der Waals surface area contributed by atoms with Gasteiger partial charge in [-0.1, -0.05) is 0 Å². The highest BCUT2D eigenvalue weighted by Gasteiger charge is 2.25. The van der Waals surface area contributed by atoms with Crippen molar-refractivity contribution >= 4 is 11.4 Å². The minimum Gasteiger partial charge on any atom is -0.397 e. The van der Waals surface area contributed by atoms with Gasteiger partial charge in [0.2, 0.25) is 0 Å². The van der Waals surface area contributed by atoms with Crippen LogP contribution in [0.1, 0.15) is 12.8 Å². The van der Waals surface area contributed by atoms with E-state index >= 15 is 0 Å². The van der Waals surface area contributed by atoms with Gasteiger partial charge in [-0.25, -0.2) is 4.39 Å². The largest absolute Gasteiger partial charge is 0.397 e. The maximum Gasteiger partial charge on any atom is 0.125 e. The van der Waals surface area contributed by atoms with E-state index in [9.17, 15) is 4.39 Å². The number of anilines is 2. The molecule has 0 unspecified atom stereocenters. The Morgan fingerprint density at radius 2 is 2.25 bits per heavy atom. The molecule has 4 heteroatoms. The van der Waals surface area contributed by atoms with Crippen molar-refractivity contribution in [3.05, 3.63) is 24.0 Å². The molecule has 0 amide bonds. The summed E-state index contributed by atoms with van der Waals surface area (Å²) >= 11 is 0. The van der Waals surface area contributed by atoms with Crippen molar-refractivity contribution in [1.82, 2.24) is 4.90 Å². The van der Waals surface area contributed by atoms with Crippen molar-refractivity contribution in [2.75, 3.05) is 31.2 Å². The number of rotatable bonds is 5. The molecule has 1 saturated carbocycles. The van der Waals surface area contributed by atoms with Gasteiger partial charge >= 0.3 is 0 Å². The molecule has 0 spiro atoms. The first-order valence-corrected chi connectivity index (χ1v) is 5.66. The van der Waals surface area contributed by atoms with E-state index in [4.69, 9.17) is 5.73 Å². The molecular formula is C12H18FN3. The van der Waals surface area contributed by atoms with Crippen LogP contribution < -0.4 is 11.1 Å². The monoisotopic (exact) mass is 223 g/mol. The molecular weight excluding hydrogens is 205 g/mol. The first-order chi connectivity index (χ1) is 7.66. The number of benzene rings is 1. The maximum atomic E-state index is 12.8. The van der Waals surface area contributed by atoms with E-state index < -0.39 is 0 Å². The molecule has 88 valence electrons. The summed E-state index contributed by atoms with van der Waals surface area (Å²) in [7, 11) is 2.13. The van der Waals surface area contributed by atoms with E-state index in [0.29, 0.717) is 5.69 Å². The van der Waals surface area contributed by atoms with Crippen LogP contribution in [0, 0.1) is 5.82 Å². The van der Waals surface area contributed by atoms with E-state index in [2.05, 4.69) is 17.3 Å². The van der Waals surface area contributed by atoms with E-state index in [0.717, 1.165) is 24.8 Å². The van der Waals surface area contributed by atoms with Crippen LogP contribution in [0.25, 0.3) is 0 Å². The molecule has 0 atom stereocenters. The molecule has 3 N–H and O–H groups in total. The lowest BCUT2D eigenvalue weighted by Gasteiger charge is -2.16. The molecule has 0 aromatic heterocycles. The first-order valence-electron chi connectivity index (χ1n) is 5.66. The zero-order chi connectivity index (χ0) is 11.5. The molecule has 0 heterocycles. The summed E-state index contributed by atoms with van der Waals surface area (Å²) in [4.78, 5) is 2.34. The van der Waals surface area contributed by atoms with Gasteiger partial charge in [0, 0.05) is 19.1 Å². The Bertz CT molecular complexity index is 363. The SMILES string of the molecule is CN(CCNc1ccc(F)cc1N)C1CC1. The number of nitrogens with zero attached hydrogens (tertiary/aromatic N) is 1. The van der Waals surface area contributed by atoms with Crippen LogP contribution >= 0.6 is 0 Å². The minimum absolute atomic E-state index is 0.293. The second kappa shape index (κ2) is 4.70. The average Bonchev–Trinajstić information content (AvgIpc) is 3.04. The summed E-state index contributed by atoms with van der Waals surface area (Å²) in [6, 6.07) is 5.21. The summed E-state index contributed by atoms with van der Waals surface area (Å²) < 4.78 is 12.8. The van der Waals surface area contributed by atoms with Gasteiger partial charge in [-0.2, -0.15) is 0 Å². The Hall–Kier alpha value is -1.29. The number of nitrogen functional groups attached to an aromatic ring is 1. The molecule has 1 aliphatic rings. The molecule has 16 heavy (non-hydrogen) atoms. The molecule has 0 radical (unpaired) electrons. The van der Waals surface area contributed by atoms with Crippen molar-refractivity contribution in [3.8, 4) is 0 Å². The fourth-order valence-electron chi connectivity index (χ4n) is 1.76. The molecule has 0 aliphatic heterocycles. The van der Waals surface area contributed by atoms with Crippen molar-refractivity contribution in [3.63, 3.8) is 0 Å². The normalized spacial score (nSPS) is 15.4. The van der Waals surface area contributed by atoms with Gasteiger partial charge in [0.25, 0.3) is 0 Å². The van der Waals surface area contributed by atoms with Crippen LogP contribution in [0.15, 0.2) is 18.2 Å². The predicted molar refractivity (Wildman–Crippen MR) is 65.0 cm³/mol. The topological polar surface area (TPSA) is 41.3 Å². The molecule has 2 rings (SSSR count). The van der Waals surface area contributed by atoms with E-state index in [1.807, 2.05) is 0 Å². The number of hydrogen-bond donors (Lipinski definition) is 2. The zero-order valence-corrected chi connectivity index (χ0v) is 9.54. The fourth-order valence-corrected chi connectivity index (χ4v) is 1.76. The van der Waals surface area contributed by atoms with Crippen LogP contribution in [0.3, 0.4) is 0 Å². The summed E-state index contributed by atoms with van der Waals surface area (Å²) in [5.74, 6) is -0.293. The standard InChI is InChI=1S/C12H18FN3/c1-16(10-3-4-10)7-6-15-12-5-2-9(13)8-11(12)14/h2,5,8,10,15H,3-4,6-7,14H2,1H3. The minimum atomic E-state index is -0.293. The lowest BCUT2D eigenvalue weighted by molar-refractivity contribution is 0.337. The molecule has 0 saturated heterocycles. The average molecular weight is 223 g/mol. The number of nitrogens with two attached hydrogens (primary N) is 1. The van der Waals surface area contributed by atoms with Crippen molar-refractivity contribution < 1.29 is 4.39 Å². The van der Waals surface area contributed by atoms with Gasteiger partial charge < -0.3 is 16.0 Å². The van der Waals surface area contributed by atoms with Gasteiger partial charge in [0.15, 0.2) is 0 Å². The Labute approximate surface area is 95.4 Å². The summed E-state index contributed by atoms with van der Waals surface area (Å²) in [6.45, 7) is 1.82. The first kappa shape index (κ1) is 11.2. The van der Waals surface area contributed by atoms with Crippen molar-refractivity contribution in [2.24, 2.45) is 0 Å². The molecule has 3 nitrogen and oxygen atoms in total. The smallest absolute Gasteiger partial charge is 0.125 e. The van der Waals surface area contributed by atoms with Gasteiger partial charge in [0.1, 0.15) is 5.82 Å². The van der Waals surface area contributed by atoms with Crippen molar-refractivity contribution in [1.29, 1.82) is 0 Å². The Morgan fingerprint density at radius 3 is 2.88 bits per heavy atom. The number of nitrogens with one attached hydrogen (secondary N) is 1. The number of halogens is 1. The van der Waals surface area contributed by atoms with Crippen LogP contribution in [0.2, 0.25) is 0 Å². The lowest BCUT2D eigenvalue weighted by Crippen LogP contribution is -2.27. The third kappa shape index (κ3) is 2.85. The molecule has 1 aliphatic carbocycles. The van der Waals surface area contributed by atoms with Gasteiger partial charge in [-0.15, -0.1) is 0 Å². The highest BCUT2D eigenvalue weighted by molar-refractivity contribution is 5.65. The van der Waals surface area contributed by atoms with Crippen molar-refractivity contribution in [2.45, 2.75) is 18.9 Å². The van der Waals surface area contributed by atoms with E-state index in [1.165, 1.54) is 25.0 Å². The van der Waals surface area contributed by atoms with Gasteiger partial charge in [-0.3, -0.25) is 0 Å². The predicted octanol–water partition coefficient (Wildman–Crippen LogP) is 1.91. The van der Waals surface area contributed by atoms with Gasteiger partial charge in [0.05, 0.1) is 11.4 Å². The highest BCUT2D eigenvalue weighted by atomic mass is 19.1. The van der Waals surface area contributed by atoms with Crippen LogP contribution in [0.4, 0.5) is 15.8 Å². The quantitative estimate of drug-likeness (QED) is 0.749. The Morgan fingerprint density at radius 1 is 1.50 bits per heavy atom. The van der Waals surface area contributed by atoms with Crippen LogP contribution in [0.5, 0.6) is 0 Å². The van der Waals surface area contributed by atoms with E-state index in [1.54, 1.807) is 6.07 Å².